The summed E-state index contributed by atoms with van der Waals surface area (Å²) in [7, 11) is 0. The lowest BCUT2D eigenvalue weighted by Crippen LogP contribution is -2.45. The van der Waals surface area contributed by atoms with Gasteiger partial charge in [0.1, 0.15) is 6.61 Å². The minimum absolute atomic E-state index is 0.0517. The van der Waals surface area contributed by atoms with Gasteiger partial charge < -0.3 is 19.3 Å². The number of nitrogens with zero attached hydrogens (tertiary/aromatic N) is 3. The van der Waals surface area contributed by atoms with Gasteiger partial charge in [-0.05, 0) is 37.1 Å². The predicted molar refractivity (Wildman–Crippen MR) is 140 cm³/mol. The van der Waals surface area contributed by atoms with Crippen molar-refractivity contribution in [3.05, 3.63) is 78.9 Å². The quantitative estimate of drug-likeness (QED) is 0.407. The van der Waals surface area contributed by atoms with Gasteiger partial charge in [0.05, 0.1) is 29.3 Å². The molecule has 0 radical (unpaired) electrons. The van der Waals surface area contributed by atoms with Crippen LogP contribution in [0.2, 0.25) is 0 Å². The molecule has 0 spiro atoms. The van der Waals surface area contributed by atoms with Crippen molar-refractivity contribution in [2.24, 2.45) is 5.92 Å². The third-order valence-corrected chi connectivity index (χ3v) is 7.05. The lowest BCUT2D eigenvalue weighted by atomic mass is 9.94. The summed E-state index contributed by atoms with van der Waals surface area (Å²) in [5.74, 6) is 0.416. The molecule has 8 nitrogen and oxygen atoms in total. The van der Waals surface area contributed by atoms with Crippen LogP contribution in [-0.4, -0.2) is 73.0 Å². The van der Waals surface area contributed by atoms with E-state index in [1.807, 2.05) is 24.3 Å². The van der Waals surface area contributed by atoms with Crippen molar-refractivity contribution < 1.29 is 23.9 Å². The first-order chi connectivity index (χ1) is 18.0. The second kappa shape index (κ2) is 10.5. The SMILES string of the molecule is C=CCN(CC=C)C(=O)[C@@H]1CCCN(c2cccc3c2C(=O)N(C[C@@H]2COc4ccccc4O2)C3=O)C1. The standard InChI is InChI=1S/C29H31N3O5/c1-3-14-30(15-4-2)27(33)20-9-8-16-31(17-20)23-11-7-10-22-26(23)29(35)32(28(22)34)18-21-19-36-24-12-5-6-13-25(24)37-21/h3-7,10-13,20-21H,1-2,8-9,14-19H2/t20-,21-/m1/s1. The Labute approximate surface area is 216 Å². The molecule has 1 fully saturated rings. The number of carbonyl (C=O) groups is 3. The molecule has 2 atom stereocenters. The second-order valence-electron chi connectivity index (χ2n) is 9.52. The summed E-state index contributed by atoms with van der Waals surface area (Å²) in [6, 6.07) is 12.7. The van der Waals surface area contributed by atoms with Gasteiger partial charge in [-0.3, -0.25) is 19.3 Å². The van der Waals surface area contributed by atoms with Crippen LogP contribution in [-0.2, 0) is 4.79 Å². The lowest BCUT2D eigenvalue weighted by molar-refractivity contribution is -0.134. The van der Waals surface area contributed by atoms with Crippen LogP contribution in [0.25, 0.3) is 0 Å². The van der Waals surface area contributed by atoms with E-state index < -0.39 is 6.10 Å². The number of imide groups is 1. The number of carbonyl (C=O) groups excluding carboxylic acids is 3. The van der Waals surface area contributed by atoms with Crippen molar-refractivity contribution in [2.75, 3.05) is 44.2 Å². The maximum absolute atomic E-state index is 13.6. The van der Waals surface area contributed by atoms with Crippen LogP contribution < -0.4 is 14.4 Å². The first kappa shape index (κ1) is 24.6. The molecule has 0 unspecified atom stereocenters. The van der Waals surface area contributed by atoms with E-state index in [-0.39, 0.29) is 36.8 Å². The third-order valence-electron chi connectivity index (χ3n) is 7.05. The third kappa shape index (κ3) is 4.71. The fourth-order valence-electron chi connectivity index (χ4n) is 5.32. The van der Waals surface area contributed by atoms with E-state index in [0.717, 1.165) is 12.8 Å². The first-order valence-electron chi connectivity index (χ1n) is 12.6. The number of para-hydroxylation sites is 2. The molecule has 3 aliphatic heterocycles. The average Bonchev–Trinajstić information content (AvgIpc) is 3.17. The predicted octanol–water partition coefficient (Wildman–Crippen LogP) is 3.54. The molecule has 0 aliphatic carbocycles. The van der Waals surface area contributed by atoms with Crippen LogP contribution in [0.3, 0.4) is 0 Å². The van der Waals surface area contributed by atoms with Gasteiger partial charge in [0.15, 0.2) is 17.6 Å². The summed E-state index contributed by atoms with van der Waals surface area (Å²) in [5.41, 5.74) is 1.47. The van der Waals surface area contributed by atoms with Gasteiger partial charge in [0.2, 0.25) is 5.91 Å². The van der Waals surface area contributed by atoms with Crippen LogP contribution >= 0.6 is 0 Å². The Morgan fingerprint density at radius 3 is 2.54 bits per heavy atom. The Balaban J connectivity index is 1.33. The number of anilines is 1. The molecule has 0 N–H and O–H groups in total. The fourth-order valence-corrected chi connectivity index (χ4v) is 5.32. The number of ether oxygens (including phenoxy) is 2. The van der Waals surface area contributed by atoms with Gasteiger partial charge in [0, 0.05) is 26.2 Å². The molecule has 3 heterocycles. The van der Waals surface area contributed by atoms with Gasteiger partial charge in [-0.2, -0.15) is 0 Å². The molecule has 3 aliphatic rings. The van der Waals surface area contributed by atoms with Crippen molar-refractivity contribution in [3.63, 3.8) is 0 Å². The average molecular weight is 502 g/mol. The highest BCUT2D eigenvalue weighted by molar-refractivity contribution is 6.23. The van der Waals surface area contributed by atoms with Gasteiger partial charge in [-0.1, -0.05) is 30.4 Å². The van der Waals surface area contributed by atoms with E-state index in [2.05, 4.69) is 18.1 Å². The van der Waals surface area contributed by atoms with Crippen molar-refractivity contribution in [3.8, 4) is 11.5 Å². The number of fused-ring (bicyclic) bond motifs is 2. The van der Waals surface area contributed by atoms with E-state index in [1.54, 1.807) is 35.3 Å². The van der Waals surface area contributed by atoms with Gasteiger partial charge in [0.25, 0.3) is 11.8 Å². The van der Waals surface area contributed by atoms with Crippen LogP contribution in [0.4, 0.5) is 5.69 Å². The number of hydrogen-bond donors (Lipinski definition) is 0. The van der Waals surface area contributed by atoms with Gasteiger partial charge in [-0.15, -0.1) is 13.2 Å². The molecule has 0 bridgehead atoms. The largest absolute Gasteiger partial charge is 0.486 e. The Hall–Kier alpha value is -4.07. The normalized spacial score (nSPS) is 20.4. The summed E-state index contributed by atoms with van der Waals surface area (Å²) in [5, 5.41) is 0. The van der Waals surface area contributed by atoms with Crippen LogP contribution in [0.1, 0.15) is 33.6 Å². The number of rotatable bonds is 8. The van der Waals surface area contributed by atoms with Gasteiger partial charge >= 0.3 is 0 Å². The van der Waals surface area contributed by atoms with E-state index in [0.29, 0.717) is 54.5 Å². The minimum Gasteiger partial charge on any atom is -0.486 e. The highest BCUT2D eigenvalue weighted by Crippen LogP contribution is 2.36. The second-order valence-corrected chi connectivity index (χ2v) is 9.52. The molecule has 3 amide bonds. The number of benzene rings is 2. The summed E-state index contributed by atoms with van der Waals surface area (Å²) >= 11 is 0. The first-order valence-corrected chi connectivity index (χ1v) is 12.6. The van der Waals surface area contributed by atoms with Crippen molar-refractivity contribution >= 4 is 23.4 Å². The summed E-state index contributed by atoms with van der Waals surface area (Å²) in [6.07, 6.45) is 4.55. The Bertz CT molecular complexity index is 1230. The molecular formula is C29H31N3O5. The summed E-state index contributed by atoms with van der Waals surface area (Å²) in [6.45, 7) is 9.97. The number of hydrogen-bond acceptors (Lipinski definition) is 6. The highest BCUT2D eigenvalue weighted by atomic mass is 16.6. The molecular weight excluding hydrogens is 470 g/mol. The van der Waals surface area contributed by atoms with Crippen molar-refractivity contribution in [2.45, 2.75) is 18.9 Å². The topological polar surface area (TPSA) is 79.4 Å². The van der Waals surface area contributed by atoms with Crippen molar-refractivity contribution in [1.82, 2.24) is 9.80 Å². The molecule has 1 saturated heterocycles. The Morgan fingerprint density at radius 1 is 1.03 bits per heavy atom. The molecule has 8 heteroatoms. The number of amides is 3. The minimum atomic E-state index is -0.460. The molecule has 2 aromatic carbocycles. The number of piperidine rings is 1. The summed E-state index contributed by atoms with van der Waals surface area (Å²) < 4.78 is 11.8. The fraction of sp³-hybridized carbons (Fsp3) is 0.345. The monoisotopic (exact) mass is 501 g/mol. The highest BCUT2D eigenvalue weighted by Gasteiger charge is 2.41. The van der Waals surface area contributed by atoms with Crippen LogP contribution in [0.5, 0.6) is 11.5 Å². The van der Waals surface area contributed by atoms with Crippen LogP contribution in [0.15, 0.2) is 67.8 Å². The Morgan fingerprint density at radius 2 is 1.78 bits per heavy atom. The van der Waals surface area contributed by atoms with E-state index in [9.17, 15) is 14.4 Å². The maximum atomic E-state index is 13.6. The molecule has 0 aromatic heterocycles. The molecule has 5 rings (SSSR count). The zero-order chi connectivity index (χ0) is 25.9. The zero-order valence-corrected chi connectivity index (χ0v) is 20.8. The maximum Gasteiger partial charge on any atom is 0.263 e. The Kier molecular flexibility index (Phi) is 6.99. The molecule has 2 aromatic rings. The molecule has 0 saturated carbocycles. The summed E-state index contributed by atoms with van der Waals surface area (Å²) in [4.78, 5) is 45.1. The molecule has 37 heavy (non-hydrogen) atoms. The van der Waals surface area contributed by atoms with E-state index in [1.165, 1.54) is 4.90 Å². The van der Waals surface area contributed by atoms with E-state index >= 15 is 0 Å². The van der Waals surface area contributed by atoms with E-state index in [4.69, 9.17) is 9.47 Å². The van der Waals surface area contributed by atoms with Crippen LogP contribution in [0, 0.1) is 5.92 Å². The smallest absolute Gasteiger partial charge is 0.263 e. The van der Waals surface area contributed by atoms with Crippen molar-refractivity contribution in [1.29, 1.82) is 0 Å². The van der Waals surface area contributed by atoms with Gasteiger partial charge in [-0.25, -0.2) is 0 Å². The zero-order valence-electron chi connectivity index (χ0n) is 20.8. The molecule has 192 valence electrons. The lowest BCUT2D eigenvalue weighted by Gasteiger charge is -2.36.